The van der Waals surface area contributed by atoms with Crippen molar-refractivity contribution >= 4 is 0 Å². The maximum absolute atomic E-state index is 2.45. The van der Waals surface area contributed by atoms with Gasteiger partial charge in [-0.25, -0.2) is 0 Å². The highest BCUT2D eigenvalue weighted by atomic mass is 14.3. The van der Waals surface area contributed by atoms with Gasteiger partial charge in [-0.15, -0.1) is 0 Å². The van der Waals surface area contributed by atoms with Crippen LogP contribution in [0.3, 0.4) is 0 Å². The van der Waals surface area contributed by atoms with Crippen LogP contribution in [0.4, 0.5) is 0 Å². The predicted octanol–water partition coefficient (Wildman–Crippen LogP) is 6.20. The zero-order valence-electron chi connectivity index (χ0n) is 12.7. The van der Waals surface area contributed by atoms with Gasteiger partial charge < -0.3 is 0 Å². The van der Waals surface area contributed by atoms with Gasteiger partial charge in [0.05, 0.1) is 0 Å². The molecule has 0 rings (SSSR count). The fraction of sp³-hybridized carbons (Fsp3) is 1.00. The van der Waals surface area contributed by atoms with Crippen LogP contribution in [-0.4, -0.2) is 0 Å². The lowest BCUT2D eigenvalue weighted by molar-refractivity contribution is 0.224. The molecule has 16 heavy (non-hydrogen) atoms. The summed E-state index contributed by atoms with van der Waals surface area (Å²) in [6.45, 7) is 14.3. The van der Waals surface area contributed by atoms with E-state index in [2.05, 4.69) is 41.5 Å². The van der Waals surface area contributed by atoms with Gasteiger partial charge in [0.2, 0.25) is 0 Å². The maximum Gasteiger partial charge on any atom is -0.0331 e. The van der Waals surface area contributed by atoms with Crippen molar-refractivity contribution in [2.45, 2.75) is 92.9 Å². The highest BCUT2D eigenvalue weighted by molar-refractivity contribution is 4.74. The van der Waals surface area contributed by atoms with Crippen molar-refractivity contribution in [3.63, 3.8) is 0 Å². The quantitative estimate of drug-likeness (QED) is 0.439. The van der Waals surface area contributed by atoms with Crippen molar-refractivity contribution in [1.82, 2.24) is 0 Å². The molecule has 0 aliphatic rings. The van der Waals surface area contributed by atoms with E-state index in [1.54, 1.807) is 0 Å². The fourth-order valence-corrected chi connectivity index (χ4v) is 2.38. The first-order chi connectivity index (χ1) is 7.39. The molecule has 0 unspecified atom stereocenters. The van der Waals surface area contributed by atoms with Gasteiger partial charge in [0.25, 0.3) is 0 Å². The number of unbranched alkanes of at least 4 members (excludes halogenated alkanes) is 1. The van der Waals surface area contributed by atoms with Crippen molar-refractivity contribution in [3.8, 4) is 0 Å². The first-order valence-corrected chi connectivity index (χ1v) is 7.39. The third-order valence-corrected chi connectivity index (χ3v) is 4.55. The standard InChI is InChI=1S/C16H34/c1-7-10-12-15(4,5)13-11-14-16(6,8-2)9-3/h7-14H2,1-6H3. The van der Waals surface area contributed by atoms with Gasteiger partial charge in [-0.1, -0.05) is 73.6 Å². The number of hydrogen-bond acceptors (Lipinski definition) is 0. The third kappa shape index (κ3) is 6.55. The summed E-state index contributed by atoms with van der Waals surface area (Å²) in [5, 5.41) is 0. The van der Waals surface area contributed by atoms with E-state index in [0.29, 0.717) is 10.8 Å². The summed E-state index contributed by atoms with van der Waals surface area (Å²) in [6, 6.07) is 0. The molecule has 98 valence electrons. The first-order valence-electron chi connectivity index (χ1n) is 7.39. The molecule has 0 aromatic heterocycles. The molecule has 0 amide bonds. The Kier molecular flexibility index (Phi) is 7.35. The molecule has 0 aromatic carbocycles. The lowest BCUT2D eigenvalue weighted by atomic mass is 9.76. The van der Waals surface area contributed by atoms with Crippen LogP contribution in [0.1, 0.15) is 92.9 Å². The smallest absolute Gasteiger partial charge is 0.0331 e. The van der Waals surface area contributed by atoms with E-state index in [9.17, 15) is 0 Å². The summed E-state index contributed by atoms with van der Waals surface area (Å²) in [5.74, 6) is 0. The second-order valence-corrected chi connectivity index (χ2v) is 6.64. The van der Waals surface area contributed by atoms with Crippen LogP contribution in [-0.2, 0) is 0 Å². The van der Waals surface area contributed by atoms with Crippen molar-refractivity contribution in [3.05, 3.63) is 0 Å². The predicted molar refractivity (Wildman–Crippen MR) is 75.8 cm³/mol. The zero-order chi connectivity index (χ0) is 12.7. The third-order valence-electron chi connectivity index (χ3n) is 4.55. The monoisotopic (exact) mass is 226 g/mol. The van der Waals surface area contributed by atoms with Crippen LogP contribution in [0, 0.1) is 10.8 Å². The maximum atomic E-state index is 2.45. The SMILES string of the molecule is CCCCC(C)(C)CCCC(C)(CC)CC. The topological polar surface area (TPSA) is 0 Å². The van der Waals surface area contributed by atoms with Crippen LogP contribution < -0.4 is 0 Å². The minimum absolute atomic E-state index is 0.568. The molecule has 0 atom stereocenters. The van der Waals surface area contributed by atoms with Gasteiger partial charge >= 0.3 is 0 Å². The van der Waals surface area contributed by atoms with Gasteiger partial charge in [0.1, 0.15) is 0 Å². The Morgan fingerprint density at radius 1 is 0.688 bits per heavy atom. The Hall–Kier alpha value is 0. The van der Waals surface area contributed by atoms with Gasteiger partial charge in [-0.2, -0.15) is 0 Å². The van der Waals surface area contributed by atoms with Crippen molar-refractivity contribution in [2.75, 3.05) is 0 Å². The van der Waals surface area contributed by atoms with Gasteiger partial charge in [0.15, 0.2) is 0 Å². The number of rotatable bonds is 9. The second kappa shape index (κ2) is 7.35. The average Bonchev–Trinajstić information content (AvgIpc) is 2.26. The minimum atomic E-state index is 0.568. The van der Waals surface area contributed by atoms with Gasteiger partial charge in [0, 0.05) is 0 Å². The van der Waals surface area contributed by atoms with E-state index >= 15 is 0 Å². The van der Waals surface area contributed by atoms with E-state index in [-0.39, 0.29) is 0 Å². The minimum Gasteiger partial charge on any atom is -0.0654 e. The Morgan fingerprint density at radius 2 is 1.19 bits per heavy atom. The van der Waals surface area contributed by atoms with Gasteiger partial charge in [-0.05, 0) is 30.1 Å². The van der Waals surface area contributed by atoms with E-state index < -0.39 is 0 Å². The van der Waals surface area contributed by atoms with Crippen LogP contribution in [0.5, 0.6) is 0 Å². The number of hydrogen-bond donors (Lipinski definition) is 0. The van der Waals surface area contributed by atoms with E-state index in [1.165, 1.54) is 51.4 Å². The van der Waals surface area contributed by atoms with Crippen molar-refractivity contribution in [1.29, 1.82) is 0 Å². The summed E-state index contributed by atoms with van der Waals surface area (Å²) in [4.78, 5) is 0. The normalized spacial score (nSPS) is 13.1. The molecule has 0 saturated carbocycles. The van der Waals surface area contributed by atoms with Crippen molar-refractivity contribution < 1.29 is 0 Å². The molecule has 0 saturated heterocycles. The molecule has 0 aromatic rings. The largest absolute Gasteiger partial charge is 0.0654 e. The van der Waals surface area contributed by atoms with Crippen LogP contribution in [0.25, 0.3) is 0 Å². The second-order valence-electron chi connectivity index (χ2n) is 6.64. The molecule has 0 aliphatic carbocycles. The summed E-state index contributed by atoms with van der Waals surface area (Å²) < 4.78 is 0. The first kappa shape index (κ1) is 16.0. The van der Waals surface area contributed by atoms with Crippen LogP contribution in [0.15, 0.2) is 0 Å². The van der Waals surface area contributed by atoms with E-state index in [4.69, 9.17) is 0 Å². The molecule has 0 N–H and O–H groups in total. The molecule has 0 spiro atoms. The molecule has 0 fully saturated rings. The molecule has 0 heterocycles. The lowest BCUT2D eigenvalue weighted by Gasteiger charge is -2.30. The van der Waals surface area contributed by atoms with Crippen LogP contribution >= 0.6 is 0 Å². The summed E-state index contributed by atoms with van der Waals surface area (Å²) in [6.07, 6.45) is 11.0. The highest BCUT2D eigenvalue weighted by Gasteiger charge is 2.22. The molecule has 0 aliphatic heterocycles. The molecule has 0 nitrogen and oxygen atoms in total. The lowest BCUT2D eigenvalue weighted by Crippen LogP contribution is -2.16. The summed E-state index contributed by atoms with van der Waals surface area (Å²) in [7, 11) is 0. The fourth-order valence-electron chi connectivity index (χ4n) is 2.38. The highest BCUT2D eigenvalue weighted by Crippen LogP contribution is 2.36. The molecule has 0 bridgehead atoms. The molecule has 0 heteroatoms. The van der Waals surface area contributed by atoms with E-state index in [0.717, 1.165) is 0 Å². The molecular weight excluding hydrogens is 192 g/mol. The van der Waals surface area contributed by atoms with Crippen LogP contribution in [0.2, 0.25) is 0 Å². The Morgan fingerprint density at radius 3 is 1.62 bits per heavy atom. The molecule has 0 radical (unpaired) electrons. The molecular formula is C16H34. The zero-order valence-corrected chi connectivity index (χ0v) is 12.7. The Labute approximate surface area is 104 Å². The van der Waals surface area contributed by atoms with Crippen molar-refractivity contribution in [2.24, 2.45) is 10.8 Å². The average molecular weight is 226 g/mol. The Bertz CT molecular complexity index is 163. The van der Waals surface area contributed by atoms with E-state index in [1.807, 2.05) is 0 Å². The van der Waals surface area contributed by atoms with Gasteiger partial charge in [-0.3, -0.25) is 0 Å². The summed E-state index contributed by atoms with van der Waals surface area (Å²) >= 11 is 0. The Balaban J connectivity index is 3.87. The summed E-state index contributed by atoms with van der Waals surface area (Å²) in [5.41, 5.74) is 1.17.